The summed E-state index contributed by atoms with van der Waals surface area (Å²) in [5.41, 5.74) is 1.27. The second kappa shape index (κ2) is 6.96. The molecule has 0 amide bonds. The zero-order valence-electron chi connectivity index (χ0n) is 11.9. The van der Waals surface area contributed by atoms with Crippen LogP contribution >= 0.6 is 0 Å². The van der Waals surface area contributed by atoms with Gasteiger partial charge in [0.1, 0.15) is 24.3 Å². The first kappa shape index (κ1) is 14.4. The molecular formula is C15H21N3O2. The van der Waals surface area contributed by atoms with Crippen LogP contribution in [0, 0.1) is 0 Å². The van der Waals surface area contributed by atoms with Gasteiger partial charge in [-0.15, -0.1) is 0 Å². The van der Waals surface area contributed by atoms with Gasteiger partial charge in [-0.2, -0.15) is 5.10 Å². The average Bonchev–Trinajstić information content (AvgIpc) is 2.89. The third kappa shape index (κ3) is 4.28. The standard InChI is InChI=1S/C15H21N3O2/c1-3-12-4-6-14(7-5-12)20-11-13(19)10-16-15-8-9-18(2)17-15/h4-9,13,19H,3,10-11H2,1-2H3,(H,16,17). The van der Waals surface area contributed by atoms with Crippen molar-refractivity contribution in [3.05, 3.63) is 42.1 Å². The van der Waals surface area contributed by atoms with E-state index in [1.54, 1.807) is 4.68 Å². The van der Waals surface area contributed by atoms with E-state index in [0.29, 0.717) is 6.54 Å². The van der Waals surface area contributed by atoms with E-state index in [9.17, 15) is 5.11 Å². The third-order valence-electron chi connectivity index (χ3n) is 3.01. The molecule has 2 aromatic rings. The van der Waals surface area contributed by atoms with Crippen LogP contribution in [0.4, 0.5) is 5.82 Å². The molecule has 1 aromatic heterocycles. The fourth-order valence-electron chi connectivity index (χ4n) is 1.80. The van der Waals surface area contributed by atoms with Gasteiger partial charge in [-0.3, -0.25) is 4.68 Å². The number of aryl methyl sites for hydroxylation is 2. The summed E-state index contributed by atoms with van der Waals surface area (Å²) in [4.78, 5) is 0. The van der Waals surface area contributed by atoms with E-state index in [4.69, 9.17) is 4.74 Å². The van der Waals surface area contributed by atoms with E-state index in [-0.39, 0.29) is 6.61 Å². The fourth-order valence-corrected chi connectivity index (χ4v) is 1.80. The Hall–Kier alpha value is -2.01. The number of aliphatic hydroxyl groups is 1. The molecule has 0 aliphatic heterocycles. The Morgan fingerprint density at radius 3 is 2.65 bits per heavy atom. The molecular weight excluding hydrogens is 254 g/mol. The number of benzene rings is 1. The van der Waals surface area contributed by atoms with Gasteiger partial charge < -0.3 is 15.2 Å². The van der Waals surface area contributed by atoms with E-state index in [1.165, 1.54) is 5.56 Å². The first-order valence-electron chi connectivity index (χ1n) is 6.80. The molecule has 0 fully saturated rings. The van der Waals surface area contributed by atoms with Crippen molar-refractivity contribution in [2.45, 2.75) is 19.4 Å². The first-order valence-corrected chi connectivity index (χ1v) is 6.80. The topological polar surface area (TPSA) is 59.3 Å². The number of nitrogens with zero attached hydrogens (tertiary/aromatic N) is 2. The van der Waals surface area contributed by atoms with Crippen LogP contribution in [0.5, 0.6) is 5.75 Å². The number of hydrogen-bond donors (Lipinski definition) is 2. The summed E-state index contributed by atoms with van der Waals surface area (Å²) in [6.45, 7) is 2.78. The van der Waals surface area contributed by atoms with Gasteiger partial charge >= 0.3 is 0 Å². The molecule has 2 N–H and O–H groups in total. The average molecular weight is 275 g/mol. The number of aromatic nitrogens is 2. The Balaban J connectivity index is 1.72. The van der Waals surface area contributed by atoms with Gasteiger partial charge in [-0.05, 0) is 24.1 Å². The first-order chi connectivity index (χ1) is 9.67. The lowest BCUT2D eigenvalue weighted by Gasteiger charge is -2.13. The van der Waals surface area contributed by atoms with Crippen molar-refractivity contribution < 1.29 is 9.84 Å². The molecule has 1 unspecified atom stereocenters. The highest BCUT2D eigenvalue weighted by Crippen LogP contribution is 2.12. The molecule has 0 aliphatic rings. The second-order valence-electron chi connectivity index (χ2n) is 4.72. The van der Waals surface area contributed by atoms with Crippen LogP contribution in [0.15, 0.2) is 36.5 Å². The van der Waals surface area contributed by atoms with Crippen molar-refractivity contribution in [2.24, 2.45) is 7.05 Å². The van der Waals surface area contributed by atoms with Crippen LogP contribution < -0.4 is 10.1 Å². The maximum Gasteiger partial charge on any atom is 0.148 e. The molecule has 1 atom stereocenters. The monoisotopic (exact) mass is 275 g/mol. The summed E-state index contributed by atoms with van der Waals surface area (Å²) < 4.78 is 7.25. The molecule has 5 heteroatoms. The number of aliphatic hydroxyl groups excluding tert-OH is 1. The van der Waals surface area contributed by atoms with Gasteiger partial charge in [0, 0.05) is 25.9 Å². The lowest BCUT2D eigenvalue weighted by Crippen LogP contribution is -2.26. The molecule has 1 aromatic carbocycles. The molecule has 5 nitrogen and oxygen atoms in total. The van der Waals surface area contributed by atoms with Crippen molar-refractivity contribution in [1.82, 2.24) is 9.78 Å². The Labute approximate surface area is 119 Å². The minimum atomic E-state index is -0.581. The molecule has 0 saturated heterocycles. The summed E-state index contributed by atoms with van der Waals surface area (Å²) in [5, 5.41) is 17.1. The van der Waals surface area contributed by atoms with Gasteiger partial charge in [-0.25, -0.2) is 0 Å². The summed E-state index contributed by atoms with van der Waals surface area (Å²) in [5.74, 6) is 1.53. The van der Waals surface area contributed by atoms with Gasteiger partial charge in [-0.1, -0.05) is 19.1 Å². The summed E-state index contributed by atoms with van der Waals surface area (Å²) in [7, 11) is 1.85. The van der Waals surface area contributed by atoms with Crippen molar-refractivity contribution in [3.63, 3.8) is 0 Å². The molecule has 0 aliphatic carbocycles. The maximum absolute atomic E-state index is 9.86. The smallest absolute Gasteiger partial charge is 0.148 e. The largest absolute Gasteiger partial charge is 0.491 e. The third-order valence-corrected chi connectivity index (χ3v) is 3.01. The van der Waals surface area contributed by atoms with E-state index in [2.05, 4.69) is 17.3 Å². The molecule has 0 saturated carbocycles. The summed E-state index contributed by atoms with van der Waals surface area (Å²) >= 11 is 0. The number of rotatable bonds is 7. The van der Waals surface area contributed by atoms with Crippen molar-refractivity contribution >= 4 is 5.82 Å². The number of ether oxygens (including phenoxy) is 1. The minimum absolute atomic E-state index is 0.255. The van der Waals surface area contributed by atoms with Gasteiger partial charge in [0.25, 0.3) is 0 Å². The van der Waals surface area contributed by atoms with Crippen LogP contribution in [-0.4, -0.2) is 34.1 Å². The Kier molecular flexibility index (Phi) is 5.01. The molecule has 20 heavy (non-hydrogen) atoms. The highest BCUT2D eigenvalue weighted by atomic mass is 16.5. The molecule has 0 bridgehead atoms. The summed E-state index contributed by atoms with van der Waals surface area (Å²) in [6.07, 6.45) is 2.28. The van der Waals surface area contributed by atoms with Crippen LogP contribution in [0.2, 0.25) is 0 Å². The zero-order valence-corrected chi connectivity index (χ0v) is 11.9. The molecule has 108 valence electrons. The normalized spacial score (nSPS) is 12.2. The number of anilines is 1. The minimum Gasteiger partial charge on any atom is -0.491 e. The van der Waals surface area contributed by atoms with Crippen LogP contribution in [0.3, 0.4) is 0 Å². The Bertz CT molecular complexity index is 522. The van der Waals surface area contributed by atoms with Crippen molar-refractivity contribution in [2.75, 3.05) is 18.5 Å². The van der Waals surface area contributed by atoms with Crippen molar-refractivity contribution in [3.8, 4) is 5.75 Å². The van der Waals surface area contributed by atoms with Gasteiger partial charge in [0.15, 0.2) is 0 Å². The second-order valence-corrected chi connectivity index (χ2v) is 4.72. The van der Waals surface area contributed by atoms with E-state index >= 15 is 0 Å². The number of hydrogen-bond acceptors (Lipinski definition) is 4. The van der Waals surface area contributed by atoms with E-state index in [0.717, 1.165) is 18.0 Å². The van der Waals surface area contributed by atoms with Gasteiger partial charge in [0.2, 0.25) is 0 Å². The molecule has 0 spiro atoms. The summed E-state index contributed by atoms with van der Waals surface area (Å²) in [6, 6.07) is 9.79. The van der Waals surface area contributed by atoms with Crippen molar-refractivity contribution in [1.29, 1.82) is 0 Å². The highest BCUT2D eigenvalue weighted by Gasteiger charge is 2.06. The molecule has 1 heterocycles. The van der Waals surface area contributed by atoms with Crippen LogP contribution in [0.1, 0.15) is 12.5 Å². The number of nitrogens with one attached hydrogen (secondary N) is 1. The SMILES string of the molecule is CCc1ccc(OCC(O)CNc2ccn(C)n2)cc1. The Morgan fingerprint density at radius 1 is 1.30 bits per heavy atom. The lowest BCUT2D eigenvalue weighted by atomic mass is 10.2. The highest BCUT2D eigenvalue weighted by molar-refractivity contribution is 5.32. The molecule has 0 radical (unpaired) electrons. The Morgan fingerprint density at radius 2 is 2.05 bits per heavy atom. The zero-order chi connectivity index (χ0) is 14.4. The van der Waals surface area contributed by atoms with Crippen LogP contribution in [-0.2, 0) is 13.5 Å². The quantitative estimate of drug-likeness (QED) is 0.809. The maximum atomic E-state index is 9.86. The van der Waals surface area contributed by atoms with Gasteiger partial charge in [0.05, 0.1) is 0 Å². The molecule has 2 rings (SSSR count). The fraction of sp³-hybridized carbons (Fsp3) is 0.400. The van der Waals surface area contributed by atoms with Crippen LogP contribution in [0.25, 0.3) is 0 Å². The van der Waals surface area contributed by atoms with E-state index in [1.807, 2.05) is 43.6 Å². The van der Waals surface area contributed by atoms with E-state index < -0.39 is 6.10 Å². The predicted octanol–water partition coefficient (Wildman–Crippen LogP) is 1.83. The predicted molar refractivity (Wildman–Crippen MR) is 79.0 cm³/mol. The lowest BCUT2D eigenvalue weighted by molar-refractivity contribution is 0.117.